The molecule has 0 saturated heterocycles. The maximum atomic E-state index is 6.12. The number of aromatic nitrogens is 1. The van der Waals surface area contributed by atoms with E-state index in [2.05, 4.69) is 11.1 Å². The summed E-state index contributed by atoms with van der Waals surface area (Å²) < 4.78 is 1.24. The first-order valence-electron chi connectivity index (χ1n) is 4.41. The summed E-state index contributed by atoms with van der Waals surface area (Å²) in [5, 5.41) is 1.27. The van der Waals surface area contributed by atoms with Crippen molar-refractivity contribution in [1.82, 2.24) is 4.98 Å². The van der Waals surface area contributed by atoms with Crippen molar-refractivity contribution in [2.45, 2.75) is 18.4 Å². The van der Waals surface area contributed by atoms with Crippen molar-refractivity contribution in [3.05, 3.63) is 29.4 Å². The molecule has 2 aromatic heterocycles. The maximum Gasteiger partial charge on any atom is 0.0529 e. The van der Waals surface area contributed by atoms with Crippen molar-refractivity contribution in [1.29, 1.82) is 0 Å². The predicted molar refractivity (Wildman–Crippen MR) is 54.7 cm³/mol. The Balaban J connectivity index is 2.22. The maximum absolute atomic E-state index is 6.12. The molecule has 2 N–H and O–H groups in total. The Kier molecular flexibility index (Phi) is 1.32. The van der Waals surface area contributed by atoms with Crippen LogP contribution in [0.5, 0.6) is 0 Å². The lowest BCUT2D eigenvalue weighted by molar-refractivity contribution is 0.759. The number of rotatable bonds is 1. The molecule has 0 atom stereocenters. The van der Waals surface area contributed by atoms with E-state index in [1.54, 1.807) is 11.3 Å². The van der Waals surface area contributed by atoms with E-state index in [0.29, 0.717) is 0 Å². The van der Waals surface area contributed by atoms with Crippen LogP contribution >= 0.6 is 11.3 Å². The molecule has 0 amide bonds. The molecular weight excluding hydrogens is 180 g/mol. The molecule has 0 spiro atoms. The van der Waals surface area contributed by atoms with Crippen LogP contribution in [0.1, 0.15) is 17.7 Å². The number of fused-ring (bicyclic) bond motifs is 1. The van der Waals surface area contributed by atoms with E-state index in [1.165, 1.54) is 15.0 Å². The van der Waals surface area contributed by atoms with Crippen LogP contribution < -0.4 is 5.73 Å². The van der Waals surface area contributed by atoms with Gasteiger partial charge in [0, 0.05) is 17.3 Å². The third-order valence-corrected chi connectivity index (χ3v) is 3.91. The topological polar surface area (TPSA) is 38.9 Å². The number of nitrogens with two attached hydrogens (primary N) is 1. The third kappa shape index (κ3) is 1.08. The molecule has 2 aromatic rings. The van der Waals surface area contributed by atoms with Crippen LogP contribution in [0, 0.1) is 0 Å². The van der Waals surface area contributed by atoms with E-state index < -0.39 is 0 Å². The van der Waals surface area contributed by atoms with Crippen molar-refractivity contribution in [3.8, 4) is 0 Å². The summed E-state index contributed by atoms with van der Waals surface area (Å²) in [6.07, 6.45) is 6.00. The Morgan fingerprint density at radius 1 is 1.46 bits per heavy atom. The number of pyridine rings is 1. The van der Waals surface area contributed by atoms with Crippen LogP contribution in [0.15, 0.2) is 24.5 Å². The summed E-state index contributed by atoms with van der Waals surface area (Å²) in [6, 6.07) is 4.25. The monoisotopic (exact) mass is 190 g/mol. The fourth-order valence-corrected chi connectivity index (χ4v) is 2.70. The minimum absolute atomic E-state index is 0.00366. The number of hydrogen-bond donors (Lipinski definition) is 1. The summed E-state index contributed by atoms with van der Waals surface area (Å²) >= 11 is 1.78. The molecule has 0 unspecified atom stereocenters. The average Bonchev–Trinajstić information content (AvgIpc) is 2.76. The Morgan fingerprint density at radius 3 is 3.00 bits per heavy atom. The van der Waals surface area contributed by atoms with Gasteiger partial charge in [-0.2, -0.15) is 0 Å². The molecule has 2 heterocycles. The van der Waals surface area contributed by atoms with Crippen LogP contribution in [0.3, 0.4) is 0 Å². The van der Waals surface area contributed by atoms with Gasteiger partial charge in [0.1, 0.15) is 0 Å². The summed E-state index contributed by atoms with van der Waals surface area (Å²) in [4.78, 5) is 5.41. The second-order valence-electron chi connectivity index (χ2n) is 3.68. The zero-order chi connectivity index (χ0) is 8.89. The van der Waals surface area contributed by atoms with Gasteiger partial charge < -0.3 is 5.73 Å². The molecule has 1 fully saturated rings. The Labute approximate surface area is 80.4 Å². The number of nitrogens with zero attached hydrogens (tertiary/aromatic N) is 1. The van der Waals surface area contributed by atoms with Gasteiger partial charge in [-0.3, -0.25) is 4.98 Å². The van der Waals surface area contributed by atoms with Crippen LogP contribution in [0.25, 0.3) is 10.1 Å². The van der Waals surface area contributed by atoms with E-state index in [0.717, 1.165) is 12.8 Å². The van der Waals surface area contributed by atoms with E-state index in [9.17, 15) is 0 Å². The highest BCUT2D eigenvalue weighted by Gasteiger charge is 2.41. The minimum Gasteiger partial charge on any atom is -0.321 e. The number of thiophene rings is 1. The van der Waals surface area contributed by atoms with Gasteiger partial charge in [-0.25, -0.2) is 0 Å². The smallest absolute Gasteiger partial charge is 0.0529 e. The lowest BCUT2D eigenvalue weighted by Gasteiger charge is -2.02. The van der Waals surface area contributed by atoms with Crippen LogP contribution in [-0.4, -0.2) is 4.98 Å². The molecule has 3 rings (SSSR count). The van der Waals surface area contributed by atoms with E-state index >= 15 is 0 Å². The van der Waals surface area contributed by atoms with Crippen LogP contribution in [0.2, 0.25) is 0 Å². The van der Waals surface area contributed by atoms with Crippen LogP contribution in [-0.2, 0) is 5.54 Å². The predicted octanol–water partition coefficient (Wildman–Crippen LogP) is 2.24. The first-order valence-corrected chi connectivity index (χ1v) is 5.22. The second-order valence-corrected chi connectivity index (χ2v) is 4.76. The minimum atomic E-state index is 0.00366. The van der Waals surface area contributed by atoms with Crippen molar-refractivity contribution < 1.29 is 0 Å². The van der Waals surface area contributed by atoms with Gasteiger partial charge in [0.15, 0.2) is 0 Å². The average molecular weight is 190 g/mol. The van der Waals surface area contributed by atoms with Gasteiger partial charge >= 0.3 is 0 Å². The molecule has 0 aromatic carbocycles. The summed E-state index contributed by atoms with van der Waals surface area (Å²) in [5.74, 6) is 0. The molecule has 66 valence electrons. The lowest BCUT2D eigenvalue weighted by atomic mass is 10.2. The molecule has 1 aliphatic rings. The number of hydrogen-bond acceptors (Lipinski definition) is 3. The zero-order valence-corrected chi connectivity index (χ0v) is 7.97. The zero-order valence-electron chi connectivity index (χ0n) is 7.16. The second kappa shape index (κ2) is 2.30. The van der Waals surface area contributed by atoms with Gasteiger partial charge in [-0.05, 0) is 30.4 Å². The fourth-order valence-electron chi connectivity index (χ4n) is 1.51. The lowest BCUT2D eigenvalue weighted by Crippen LogP contribution is -2.16. The normalized spacial score (nSPS) is 19.2. The van der Waals surface area contributed by atoms with Gasteiger partial charge in [-0.1, -0.05) is 0 Å². The molecule has 3 heteroatoms. The third-order valence-electron chi connectivity index (χ3n) is 2.60. The molecule has 1 saturated carbocycles. The first kappa shape index (κ1) is 7.47. The standard InChI is InChI=1S/C10H10N2S/c11-10(2-3-10)9-5-7-1-4-12-6-8(7)13-9/h1,4-6H,2-3,11H2. The van der Waals surface area contributed by atoms with Gasteiger partial charge in [-0.15, -0.1) is 11.3 Å². The summed E-state index contributed by atoms with van der Waals surface area (Å²) in [7, 11) is 0. The summed E-state index contributed by atoms with van der Waals surface area (Å²) in [5.41, 5.74) is 6.13. The quantitative estimate of drug-likeness (QED) is 0.749. The highest BCUT2D eigenvalue weighted by atomic mass is 32.1. The Hall–Kier alpha value is -0.930. The molecule has 2 nitrogen and oxygen atoms in total. The largest absolute Gasteiger partial charge is 0.321 e. The Bertz CT molecular complexity index is 424. The molecule has 0 aliphatic heterocycles. The molecular formula is C10H10N2S. The van der Waals surface area contributed by atoms with Crippen LogP contribution in [0.4, 0.5) is 0 Å². The van der Waals surface area contributed by atoms with Crippen molar-refractivity contribution in [3.63, 3.8) is 0 Å². The first-order chi connectivity index (χ1) is 6.28. The van der Waals surface area contributed by atoms with E-state index in [-0.39, 0.29) is 5.54 Å². The van der Waals surface area contributed by atoms with Gasteiger partial charge in [0.2, 0.25) is 0 Å². The SMILES string of the molecule is NC1(c2cc3ccncc3s2)CC1. The highest BCUT2D eigenvalue weighted by molar-refractivity contribution is 7.19. The molecule has 0 bridgehead atoms. The van der Waals surface area contributed by atoms with Crippen molar-refractivity contribution in [2.24, 2.45) is 5.73 Å². The van der Waals surface area contributed by atoms with Crippen molar-refractivity contribution >= 4 is 21.4 Å². The fraction of sp³-hybridized carbons (Fsp3) is 0.300. The summed E-state index contributed by atoms with van der Waals surface area (Å²) in [6.45, 7) is 0. The van der Waals surface area contributed by atoms with E-state index in [1.807, 2.05) is 18.5 Å². The molecule has 1 aliphatic carbocycles. The Morgan fingerprint density at radius 2 is 2.31 bits per heavy atom. The molecule has 13 heavy (non-hydrogen) atoms. The van der Waals surface area contributed by atoms with Crippen molar-refractivity contribution in [2.75, 3.05) is 0 Å². The highest BCUT2D eigenvalue weighted by Crippen LogP contribution is 2.46. The van der Waals surface area contributed by atoms with Gasteiger partial charge in [0.05, 0.1) is 10.2 Å². The molecule has 0 radical (unpaired) electrons. The van der Waals surface area contributed by atoms with E-state index in [4.69, 9.17) is 5.73 Å². The van der Waals surface area contributed by atoms with Gasteiger partial charge in [0.25, 0.3) is 0 Å².